The van der Waals surface area contributed by atoms with E-state index in [-0.39, 0.29) is 5.91 Å². The Balaban J connectivity index is 1.64. The van der Waals surface area contributed by atoms with Crippen molar-refractivity contribution >= 4 is 31.4 Å². The van der Waals surface area contributed by atoms with Gasteiger partial charge in [0.1, 0.15) is 5.75 Å². The number of nitrogens with one attached hydrogen (secondary N) is 2. The number of carbonyl (C=O) groups excluding carboxylic acids is 1. The van der Waals surface area contributed by atoms with E-state index in [0.717, 1.165) is 18.4 Å². The summed E-state index contributed by atoms with van der Waals surface area (Å²) in [6.45, 7) is 6.44. The molecule has 1 heterocycles. The highest BCUT2D eigenvalue weighted by Gasteiger charge is 2.20. The van der Waals surface area contributed by atoms with Crippen LogP contribution in [-0.2, 0) is 11.2 Å². The summed E-state index contributed by atoms with van der Waals surface area (Å²) in [4.78, 5) is 16.0. The van der Waals surface area contributed by atoms with E-state index in [1.165, 1.54) is 10.9 Å². The Hall–Kier alpha value is -3.09. The molecular weight excluding hydrogens is 393 g/mol. The number of carbonyl (C=O) groups is 1. The molecule has 0 saturated carbocycles. The summed E-state index contributed by atoms with van der Waals surface area (Å²) in [5.74, 6) is 0.421. The number of hydrogen-bond donors (Lipinski definition) is 2. The summed E-state index contributed by atoms with van der Waals surface area (Å²) in [6.07, 6.45) is 3.57. The Morgan fingerprint density at radius 1 is 1.33 bits per heavy atom. The molecule has 0 spiro atoms. The molecule has 0 bridgehead atoms. The molecule has 2 aromatic carbocycles. The van der Waals surface area contributed by atoms with Crippen LogP contribution in [-0.4, -0.2) is 23.5 Å². The maximum atomic E-state index is 12.8. The molecule has 0 aliphatic rings. The molecule has 0 fully saturated rings. The minimum atomic E-state index is -0.587. The average Bonchev–Trinajstić information content (AvgIpc) is 3.16. The van der Waals surface area contributed by atoms with Gasteiger partial charge in [-0.3, -0.25) is 4.79 Å². The number of H-pyrrole nitrogens is 1. The standard InChI is InChI=1S/C24H26N3O2P/c1-3-6-23(29-19-10-9-17(14-25)21(13-19)16(2)30)24(28)26-12-11-18-15-27-22-8-5-4-7-20(18)22/h4-5,7-10,13,15,23,27H,2-3,6,11-12,30H2,1H3,(H,26,28). The maximum Gasteiger partial charge on any atom is 0.261 e. The van der Waals surface area contributed by atoms with Gasteiger partial charge in [0.15, 0.2) is 6.10 Å². The first-order chi connectivity index (χ1) is 14.5. The van der Waals surface area contributed by atoms with Gasteiger partial charge in [0.2, 0.25) is 0 Å². The van der Waals surface area contributed by atoms with Crippen molar-refractivity contribution in [1.29, 1.82) is 5.26 Å². The number of nitriles is 1. The molecule has 0 aliphatic carbocycles. The molecule has 2 atom stereocenters. The molecule has 1 aromatic heterocycles. The number of nitrogens with zero attached hydrogens (tertiary/aromatic N) is 1. The van der Waals surface area contributed by atoms with Crippen molar-refractivity contribution in [2.24, 2.45) is 0 Å². The third-order valence-corrected chi connectivity index (χ3v) is 5.26. The van der Waals surface area contributed by atoms with Crippen molar-refractivity contribution in [3.05, 3.63) is 71.9 Å². The molecule has 6 heteroatoms. The van der Waals surface area contributed by atoms with Crippen molar-refractivity contribution < 1.29 is 9.53 Å². The normalized spacial score (nSPS) is 11.6. The Morgan fingerprint density at radius 2 is 2.13 bits per heavy atom. The minimum absolute atomic E-state index is 0.132. The van der Waals surface area contributed by atoms with Gasteiger partial charge in [-0.1, -0.05) is 38.1 Å². The fourth-order valence-corrected chi connectivity index (χ4v) is 3.64. The summed E-state index contributed by atoms with van der Waals surface area (Å²) >= 11 is 0. The Kier molecular flexibility index (Phi) is 7.27. The second-order valence-electron chi connectivity index (χ2n) is 7.14. The van der Waals surface area contributed by atoms with Crippen LogP contribution in [0.3, 0.4) is 0 Å². The predicted molar refractivity (Wildman–Crippen MR) is 124 cm³/mol. The van der Waals surface area contributed by atoms with Crippen molar-refractivity contribution in [1.82, 2.24) is 10.3 Å². The van der Waals surface area contributed by atoms with Crippen LogP contribution in [0.5, 0.6) is 5.75 Å². The molecule has 2 unspecified atom stereocenters. The van der Waals surface area contributed by atoms with Crippen LogP contribution >= 0.6 is 9.24 Å². The molecule has 30 heavy (non-hydrogen) atoms. The summed E-state index contributed by atoms with van der Waals surface area (Å²) in [7, 11) is 2.50. The molecule has 0 aliphatic heterocycles. The van der Waals surface area contributed by atoms with E-state index in [4.69, 9.17) is 4.74 Å². The fraction of sp³-hybridized carbons (Fsp3) is 0.250. The lowest BCUT2D eigenvalue weighted by Gasteiger charge is -2.19. The van der Waals surface area contributed by atoms with Gasteiger partial charge in [0, 0.05) is 29.2 Å². The van der Waals surface area contributed by atoms with Crippen LogP contribution < -0.4 is 10.1 Å². The highest BCUT2D eigenvalue weighted by Crippen LogP contribution is 2.28. The van der Waals surface area contributed by atoms with Gasteiger partial charge in [0.05, 0.1) is 11.6 Å². The van der Waals surface area contributed by atoms with Crippen molar-refractivity contribution in [3.63, 3.8) is 0 Å². The Bertz CT molecular complexity index is 1100. The first-order valence-electron chi connectivity index (χ1n) is 10.0. The molecule has 0 radical (unpaired) electrons. The first kappa shape index (κ1) is 21.6. The Morgan fingerprint density at radius 3 is 2.87 bits per heavy atom. The number of benzene rings is 2. The first-order valence-corrected chi connectivity index (χ1v) is 10.6. The second kappa shape index (κ2) is 10.1. The van der Waals surface area contributed by atoms with Crippen molar-refractivity contribution in [2.75, 3.05) is 6.54 Å². The molecule has 1 amide bonds. The maximum absolute atomic E-state index is 12.8. The van der Waals surface area contributed by atoms with Crippen molar-refractivity contribution in [2.45, 2.75) is 32.3 Å². The molecular formula is C24H26N3O2P. The van der Waals surface area contributed by atoms with E-state index < -0.39 is 6.10 Å². The average molecular weight is 419 g/mol. The van der Waals surface area contributed by atoms with Gasteiger partial charge in [-0.05, 0) is 48.0 Å². The topological polar surface area (TPSA) is 77.9 Å². The molecule has 0 saturated heterocycles. The van der Waals surface area contributed by atoms with Gasteiger partial charge in [-0.15, -0.1) is 9.24 Å². The molecule has 5 nitrogen and oxygen atoms in total. The van der Waals surface area contributed by atoms with Gasteiger partial charge in [-0.2, -0.15) is 5.26 Å². The lowest BCUT2D eigenvalue weighted by atomic mass is 10.1. The zero-order chi connectivity index (χ0) is 21.5. The van der Waals surface area contributed by atoms with Gasteiger partial charge in [0.25, 0.3) is 5.91 Å². The number of fused-ring (bicyclic) bond motifs is 1. The number of ether oxygens (including phenoxy) is 1. The second-order valence-corrected chi connectivity index (χ2v) is 7.84. The van der Waals surface area contributed by atoms with Crippen molar-refractivity contribution in [3.8, 4) is 11.8 Å². The summed E-state index contributed by atoms with van der Waals surface area (Å²) in [5, 5.41) is 14.1. The number of hydrogen-bond acceptors (Lipinski definition) is 3. The zero-order valence-electron chi connectivity index (χ0n) is 17.1. The van der Waals surface area contributed by atoms with E-state index in [9.17, 15) is 10.1 Å². The SMILES string of the molecule is C=C(P)c1cc(OC(CCC)C(=O)NCCc2c[nH]c3ccccc23)ccc1C#N. The smallest absolute Gasteiger partial charge is 0.261 e. The minimum Gasteiger partial charge on any atom is -0.481 e. The van der Waals surface area contributed by atoms with Gasteiger partial charge < -0.3 is 15.0 Å². The number of aromatic amines is 1. The molecule has 3 rings (SSSR count). The summed E-state index contributed by atoms with van der Waals surface area (Å²) < 4.78 is 5.99. The van der Waals surface area contributed by atoms with E-state index >= 15 is 0 Å². The van der Waals surface area contributed by atoms with E-state index in [1.807, 2.05) is 31.3 Å². The lowest BCUT2D eigenvalue weighted by Crippen LogP contribution is -2.39. The van der Waals surface area contributed by atoms with E-state index in [2.05, 4.69) is 38.3 Å². The highest BCUT2D eigenvalue weighted by atomic mass is 31.0. The fourth-order valence-electron chi connectivity index (χ4n) is 3.40. The number of para-hydroxylation sites is 1. The monoisotopic (exact) mass is 419 g/mol. The van der Waals surface area contributed by atoms with E-state index in [0.29, 0.717) is 35.2 Å². The number of amides is 1. The molecule has 2 N–H and O–H groups in total. The van der Waals surface area contributed by atoms with E-state index in [1.54, 1.807) is 18.2 Å². The molecule has 154 valence electrons. The zero-order valence-corrected chi connectivity index (χ0v) is 18.2. The van der Waals surface area contributed by atoms with Crippen LogP contribution in [0.1, 0.15) is 36.5 Å². The molecule has 3 aromatic rings. The van der Waals surface area contributed by atoms with Crippen LogP contribution in [0.25, 0.3) is 16.2 Å². The van der Waals surface area contributed by atoms with Crippen LogP contribution in [0, 0.1) is 11.3 Å². The number of rotatable bonds is 9. The van der Waals surface area contributed by atoms with Crippen LogP contribution in [0.15, 0.2) is 55.2 Å². The third kappa shape index (κ3) is 5.09. The van der Waals surface area contributed by atoms with Gasteiger partial charge >= 0.3 is 0 Å². The van der Waals surface area contributed by atoms with Gasteiger partial charge in [-0.25, -0.2) is 0 Å². The van der Waals surface area contributed by atoms with Crippen LogP contribution in [0.4, 0.5) is 0 Å². The largest absolute Gasteiger partial charge is 0.481 e. The summed E-state index contributed by atoms with van der Waals surface area (Å²) in [5.41, 5.74) is 3.50. The lowest BCUT2D eigenvalue weighted by molar-refractivity contribution is -0.128. The Labute approximate surface area is 179 Å². The highest BCUT2D eigenvalue weighted by molar-refractivity contribution is 7.31. The quantitative estimate of drug-likeness (QED) is 0.490. The number of aromatic nitrogens is 1. The third-order valence-electron chi connectivity index (χ3n) is 4.95. The predicted octanol–water partition coefficient (Wildman–Crippen LogP) is 4.79. The van der Waals surface area contributed by atoms with Crippen LogP contribution in [0.2, 0.25) is 0 Å². The summed E-state index contributed by atoms with van der Waals surface area (Å²) in [6, 6.07) is 15.4.